The molecule has 5 nitrogen and oxygen atoms in total. The summed E-state index contributed by atoms with van der Waals surface area (Å²) in [4.78, 5) is 15.4. The van der Waals surface area contributed by atoms with E-state index in [4.69, 9.17) is 0 Å². The van der Waals surface area contributed by atoms with E-state index in [2.05, 4.69) is 20.9 Å². The minimum Gasteiger partial charge on any atom is -0.357 e. The molecule has 0 aromatic carbocycles. The van der Waals surface area contributed by atoms with Crippen LogP contribution in [0.3, 0.4) is 0 Å². The number of hydrogen-bond acceptors (Lipinski definition) is 2. The summed E-state index contributed by atoms with van der Waals surface area (Å²) in [5, 5.41) is 8.48. The Labute approximate surface area is 146 Å². The molecule has 1 atom stereocenters. The normalized spacial score (nSPS) is 13.1. The number of nitrogens with one attached hydrogen (secondary N) is 3. The molecule has 9 heteroatoms. The van der Waals surface area contributed by atoms with Gasteiger partial charge in [-0.2, -0.15) is 13.2 Å². The van der Waals surface area contributed by atoms with Gasteiger partial charge in [0.05, 0.1) is 13.0 Å². The average Bonchev–Trinajstić information content (AvgIpc) is 2.37. The maximum Gasteiger partial charge on any atom is 0.390 e. The molecule has 0 bridgehead atoms. The molecule has 0 heterocycles. The minimum atomic E-state index is -4.21. The topological polar surface area (TPSA) is 65.5 Å². The van der Waals surface area contributed by atoms with Gasteiger partial charge in [0.2, 0.25) is 5.91 Å². The predicted octanol–water partition coefficient (Wildman–Crippen LogP) is 2.42. The van der Waals surface area contributed by atoms with E-state index in [9.17, 15) is 18.0 Å². The Morgan fingerprint density at radius 1 is 1.23 bits per heavy atom. The van der Waals surface area contributed by atoms with Gasteiger partial charge in [-0.05, 0) is 20.3 Å². The van der Waals surface area contributed by atoms with E-state index in [1.807, 2.05) is 20.8 Å². The highest BCUT2D eigenvalue weighted by atomic mass is 127. The Kier molecular flexibility index (Phi) is 13.7. The van der Waals surface area contributed by atoms with Crippen LogP contribution in [0.25, 0.3) is 0 Å². The van der Waals surface area contributed by atoms with E-state index >= 15 is 0 Å². The van der Waals surface area contributed by atoms with Crippen molar-refractivity contribution in [2.24, 2.45) is 4.99 Å². The Hall–Kier alpha value is -0.740. The first-order valence-electron chi connectivity index (χ1n) is 7.16. The van der Waals surface area contributed by atoms with Gasteiger partial charge in [-0.15, -0.1) is 24.0 Å². The number of halogens is 4. The maximum atomic E-state index is 12.0. The molecule has 22 heavy (non-hydrogen) atoms. The predicted molar refractivity (Wildman–Crippen MR) is 92.6 cm³/mol. The molecule has 0 aromatic rings. The van der Waals surface area contributed by atoms with Crippen LogP contribution in [0.1, 0.15) is 40.0 Å². The van der Waals surface area contributed by atoms with Gasteiger partial charge in [0.25, 0.3) is 0 Å². The molecule has 0 rings (SSSR count). The Morgan fingerprint density at radius 2 is 1.86 bits per heavy atom. The van der Waals surface area contributed by atoms with E-state index in [0.29, 0.717) is 13.1 Å². The summed E-state index contributed by atoms with van der Waals surface area (Å²) < 4.78 is 36.1. The third kappa shape index (κ3) is 14.2. The lowest BCUT2D eigenvalue weighted by Gasteiger charge is -2.13. The fraction of sp³-hybridized carbons (Fsp3) is 0.846. The standard InChI is InChI=1S/C13H25F3N4O.HI/c1-4-10(3)20-11(21)6-8-18-12(17-5-2)19-9-7-13(14,15)16;/h10H,4-9H2,1-3H3,(H,20,21)(H2,17,18,19);1H. The zero-order chi connectivity index (χ0) is 16.3. The third-order valence-electron chi connectivity index (χ3n) is 2.67. The zero-order valence-corrected chi connectivity index (χ0v) is 15.5. The summed E-state index contributed by atoms with van der Waals surface area (Å²) in [7, 11) is 0. The fourth-order valence-electron chi connectivity index (χ4n) is 1.38. The van der Waals surface area contributed by atoms with Crippen LogP contribution in [0, 0.1) is 0 Å². The Balaban J connectivity index is 0. The molecule has 0 aliphatic carbocycles. The molecule has 0 aromatic heterocycles. The van der Waals surface area contributed by atoms with Crippen molar-refractivity contribution < 1.29 is 18.0 Å². The minimum absolute atomic E-state index is 0. The summed E-state index contributed by atoms with van der Waals surface area (Å²) in [5.41, 5.74) is 0. The number of nitrogens with zero attached hydrogens (tertiary/aromatic N) is 1. The summed E-state index contributed by atoms with van der Waals surface area (Å²) in [6.07, 6.45) is -4.08. The van der Waals surface area contributed by atoms with Crippen molar-refractivity contribution in [1.29, 1.82) is 0 Å². The number of alkyl halides is 3. The average molecular weight is 438 g/mol. The first-order valence-corrected chi connectivity index (χ1v) is 7.16. The highest BCUT2D eigenvalue weighted by Crippen LogP contribution is 2.18. The SMILES string of the molecule is CCNC(=NCCC(F)(F)F)NCCC(=O)NC(C)CC.I. The number of amides is 1. The van der Waals surface area contributed by atoms with Crippen LogP contribution >= 0.6 is 24.0 Å². The van der Waals surface area contributed by atoms with Crippen LogP contribution in [0.4, 0.5) is 13.2 Å². The number of hydrogen-bond donors (Lipinski definition) is 3. The van der Waals surface area contributed by atoms with Gasteiger partial charge in [-0.3, -0.25) is 9.79 Å². The molecule has 132 valence electrons. The Bertz CT molecular complexity index is 338. The molecule has 0 fully saturated rings. The van der Waals surface area contributed by atoms with Crippen LogP contribution in [0.15, 0.2) is 4.99 Å². The summed E-state index contributed by atoms with van der Waals surface area (Å²) in [5.74, 6) is 0.195. The second-order valence-corrected chi connectivity index (χ2v) is 4.68. The van der Waals surface area contributed by atoms with Crippen LogP contribution in [0.5, 0.6) is 0 Å². The van der Waals surface area contributed by atoms with E-state index in [1.54, 1.807) is 0 Å². The van der Waals surface area contributed by atoms with E-state index in [0.717, 1.165) is 6.42 Å². The van der Waals surface area contributed by atoms with Gasteiger partial charge < -0.3 is 16.0 Å². The largest absolute Gasteiger partial charge is 0.390 e. The van der Waals surface area contributed by atoms with Crippen LogP contribution in [-0.4, -0.2) is 43.7 Å². The van der Waals surface area contributed by atoms with E-state index in [-0.39, 0.29) is 54.9 Å². The van der Waals surface area contributed by atoms with Gasteiger partial charge >= 0.3 is 6.18 Å². The molecule has 0 radical (unpaired) electrons. The number of carbonyl (C=O) groups is 1. The van der Waals surface area contributed by atoms with Crippen molar-refractivity contribution in [3.05, 3.63) is 0 Å². The molecular formula is C13H26F3IN4O. The lowest BCUT2D eigenvalue weighted by Crippen LogP contribution is -2.40. The summed E-state index contributed by atoms with van der Waals surface area (Å²) >= 11 is 0. The highest BCUT2D eigenvalue weighted by molar-refractivity contribution is 14.0. The van der Waals surface area contributed by atoms with E-state index in [1.165, 1.54) is 0 Å². The van der Waals surface area contributed by atoms with Gasteiger partial charge in [-0.1, -0.05) is 6.92 Å². The summed E-state index contributed by atoms with van der Waals surface area (Å²) in [6, 6.07) is 0.117. The molecule has 0 aliphatic heterocycles. The zero-order valence-electron chi connectivity index (χ0n) is 13.2. The molecule has 0 saturated carbocycles. The number of carbonyl (C=O) groups excluding carboxylic acids is 1. The van der Waals surface area contributed by atoms with Crippen molar-refractivity contribution in [2.45, 2.75) is 52.3 Å². The molecule has 1 unspecified atom stereocenters. The monoisotopic (exact) mass is 438 g/mol. The second-order valence-electron chi connectivity index (χ2n) is 4.68. The molecule has 0 spiro atoms. The lowest BCUT2D eigenvalue weighted by molar-refractivity contribution is -0.132. The molecule has 1 amide bonds. The maximum absolute atomic E-state index is 12.0. The lowest BCUT2D eigenvalue weighted by atomic mass is 10.2. The fourth-order valence-corrected chi connectivity index (χ4v) is 1.38. The smallest absolute Gasteiger partial charge is 0.357 e. The van der Waals surface area contributed by atoms with Crippen molar-refractivity contribution in [1.82, 2.24) is 16.0 Å². The van der Waals surface area contributed by atoms with Gasteiger partial charge in [0.1, 0.15) is 0 Å². The Morgan fingerprint density at radius 3 is 2.36 bits per heavy atom. The van der Waals surface area contributed by atoms with Crippen LogP contribution in [-0.2, 0) is 4.79 Å². The first-order chi connectivity index (χ1) is 9.78. The number of aliphatic imine (C=N–C) groups is 1. The molecule has 0 saturated heterocycles. The van der Waals surface area contributed by atoms with Crippen molar-refractivity contribution in [2.75, 3.05) is 19.6 Å². The van der Waals surface area contributed by atoms with E-state index < -0.39 is 12.6 Å². The van der Waals surface area contributed by atoms with Crippen LogP contribution in [0.2, 0.25) is 0 Å². The van der Waals surface area contributed by atoms with Gasteiger partial charge in [-0.25, -0.2) is 0 Å². The quantitative estimate of drug-likeness (QED) is 0.310. The summed E-state index contributed by atoms with van der Waals surface area (Å²) in [6.45, 7) is 6.22. The van der Waals surface area contributed by atoms with Crippen molar-refractivity contribution in [3.8, 4) is 0 Å². The molecule has 0 aliphatic rings. The van der Waals surface area contributed by atoms with Crippen LogP contribution < -0.4 is 16.0 Å². The highest BCUT2D eigenvalue weighted by Gasteiger charge is 2.26. The van der Waals surface area contributed by atoms with Crippen molar-refractivity contribution >= 4 is 35.8 Å². The van der Waals surface area contributed by atoms with Gasteiger partial charge in [0, 0.05) is 25.6 Å². The number of guanidine groups is 1. The second kappa shape index (κ2) is 12.8. The molecular weight excluding hydrogens is 412 g/mol. The third-order valence-corrected chi connectivity index (χ3v) is 2.67. The first kappa shape index (κ1) is 23.5. The van der Waals surface area contributed by atoms with Crippen molar-refractivity contribution in [3.63, 3.8) is 0 Å². The molecule has 3 N–H and O–H groups in total. The van der Waals surface area contributed by atoms with Gasteiger partial charge in [0.15, 0.2) is 5.96 Å². The number of rotatable bonds is 8.